The Morgan fingerprint density at radius 1 is 0.800 bits per heavy atom. The molecule has 0 unspecified atom stereocenters. The first kappa shape index (κ1) is 21.5. The van der Waals surface area contributed by atoms with Crippen molar-refractivity contribution in [1.29, 1.82) is 0 Å². The van der Waals surface area contributed by atoms with Gasteiger partial charge < -0.3 is 10.1 Å². The quantitative estimate of drug-likeness (QED) is 0.399. The van der Waals surface area contributed by atoms with Gasteiger partial charge in [-0.1, -0.05) is 76.6 Å². The summed E-state index contributed by atoms with van der Waals surface area (Å²) in [5, 5.41) is 2.72. The van der Waals surface area contributed by atoms with Crippen molar-refractivity contribution in [3.05, 3.63) is 106 Å². The molecule has 0 fully saturated rings. The fraction of sp³-hybridized carbons (Fsp3) is 0.125. The first-order valence-electron chi connectivity index (χ1n) is 9.38. The van der Waals surface area contributed by atoms with Crippen LogP contribution in [0, 0.1) is 0 Å². The maximum absolute atomic E-state index is 12.7. The van der Waals surface area contributed by atoms with Gasteiger partial charge in [0.1, 0.15) is 6.04 Å². The van der Waals surface area contributed by atoms with Crippen LogP contribution in [0.3, 0.4) is 0 Å². The smallest absolute Gasteiger partial charge is 0.329 e. The number of carbonyl (C=O) groups excluding carboxylic acids is 3. The summed E-state index contributed by atoms with van der Waals surface area (Å²) in [6.07, 6.45) is 0.255. The zero-order chi connectivity index (χ0) is 21.3. The Balaban J connectivity index is 1.68. The Morgan fingerprint density at radius 3 is 2.03 bits per heavy atom. The normalized spacial score (nSPS) is 11.4. The Bertz CT molecular complexity index is 1000. The van der Waals surface area contributed by atoms with E-state index in [9.17, 15) is 14.4 Å². The molecule has 0 spiro atoms. The van der Waals surface area contributed by atoms with E-state index in [0.29, 0.717) is 11.1 Å². The van der Waals surface area contributed by atoms with Crippen molar-refractivity contribution in [3.63, 3.8) is 0 Å². The summed E-state index contributed by atoms with van der Waals surface area (Å²) in [5.41, 5.74) is 1.75. The molecule has 1 atom stereocenters. The molecule has 3 aromatic rings. The average molecular weight is 466 g/mol. The van der Waals surface area contributed by atoms with Gasteiger partial charge in [-0.25, -0.2) is 4.79 Å². The summed E-state index contributed by atoms with van der Waals surface area (Å²) in [7, 11) is 0. The number of hydrogen-bond acceptors (Lipinski definition) is 4. The average Bonchev–Trinajstić information content (AvgIpc) is 2.78. The lowest BCUT2D eigenvalue weighted by molar-refractivity contribution is -0.144. The van der Waals surface area contributed by atoms with E-state index in [2.05, 4.69) is 21.2 Å². The number of nitrogens with one attached hydrogen (secondary N) is 1. The van der Waals surface area contributed by atoms with Crippen molar-refractivity contribution >= 4 is 33.6 Å². The van der Waals surface area contributed by atoms with Gasteiger partial charge in [-0.15, -0.1) is 0 Å². The monoisotopic (exact) mass is 465 g/mol. The van der Waals surface area contributed by atoms with Crippen LogP contribution in [0.15, 0.2) is 89.4 Å². The number of rotatable bonds is 8. The van der Waals surface area contributed by atoms with Gasteiger partial charge in [0.15, 0.2) is 12.4 Å². The molecule has 1 N–H and O–H groups in total. The molecular formula is C24H20BrNO4. The number of esters is 1. The summed E-state index contributed by atoms with van der Waals surface area (Å²) in [6.45, 7) is -0.396. The van der Waals surface area contributed by atoms with Crippen LogP contribution in [0.4, 0.5) is 0 Å². The highest BCUT2D eigenvalue weighted by Crippen LogP contribution is 2.12. The van der Waals surface area contributed by atoms with Crippen molar-refractivity contribution < 1.29 is 19.1 Å². The van der Waals surface area contributed by atoms with E-state index in [1.165, 1.54) is 0 Å². The minimum absolute atomic E-state index is 0.255. The van der Waals surface area contributed by atoms with E-state index in [1.54, 1.807) is 54.6 Å². The van der Waals surface area contributed by atoms with Crippen LogP contribution in [0.25, 0.3) is 0 Å². The third-order valence-corrected chi connectivity index (χ3v) is 4.95. The molecule has 0 aliphatic rings. The third-order valence-electron chi connectivity index (χ3n) is 4.42. The van der Waals surface area contributed by atoms with Crippen LogP contribution in [0.2, 0.25) is 0 Å². The van der Waals surface area contributed by atoms with Crippen LogP contribution >= 0.6 is 15.9 Å². The standard InChI is InChI=1S/C24H20BrNO4/c25-20-13-11-18(12-14-20)22(27)16-30-24(29)21(15-17-7-3-1-4-8-17)26-23(28)19-9-5-2-6-10-19/h1-14,21H,15-16H2,(H,26,28)/t21-/m0/s1. The van der Waals surface area contributed by atoms with Crippen LogP contribution in [-0.4, -0.2) is 30.3 Å². The summed E-state index contributed by atoms with van der Waals surface area (Å²) < 4.78 is 6.09. The summed E-state index contributed by atoms with van der Waals surface area (Å²) in [4.78, 5) is 37.6. The Labute approximate surface area is 183 Å². The SMILES string of the molecule is O=C(COC(=O)[C@H](Cc1ccccc1)NC(=O)c1ccccc1)c1ccc(Br)cc1. The van der Waals surface area contributed by atoms with Crippen LogP contribution < -0.4 is 5.32 Å². The molecule has 0 heterocycles. The molecule has 0 aliphatic heterocycles. The molecule has 3 aromatic carbocycles. The number of halogens is 1. The van der Waals surface area contributed by atoms with Gasteiger partial charge in [0, 0.05) is 22.0 Å². The second-order valence-corrected chi connectivity index (χ2v) is 7.54. The number of ether oxygens (including phenoxy) is 1. The maximum atomic E-state index is 12.7. The molecule has 3 rings (SSSR count). The predicted octanol–water partition coefficient (Wildman–Crippen LogP) is 4.22. The van der Waals surface area contributed by atoms with E-state index < -0.39 is 18.6 Å². The molecule has 0 aromatic heterocycles. The molecule has 0 radical (unpaired) electrons. The summed E-state index contributed by atoms with van der Waals surface area (Å²) in [5.74, 6) is -1.36. The Morgan fingerprint density at radius 2 is 1.40 bits per heavy atom. The molecule has 152 valence electrons. The highest BCUT2D eigenvalue weighted by molar-refractivity contribution is 9.10. The highest BCUT2D eigenvalue weighted by Gasteiger charge is 2.24. The lowest BCUT2D eigenvalue weighted by atomic mass is 10.1. The molecule has 0 aliphatic carbocycles. The number of benzene rings is 3. The molecule has 5 nitrogen and oxygen atoms in total. The minimum atomic E-state index is -0.919. The van der Waals surface area contributed by atoms with Gasteiger partial charge in [0.2, 0.25) is 0 Å². The molecule has 0 saturated carbocycles. The fourth-order valence-corrected chi connectivity index (χ4v) is 3.09. The van der Waals surface area contributed by atoms with Crippen LogP contribution in [-0.2, 0) is 16.0 Å². The lowest BCUT2D eigenvalue weighted by Gasteiger charge is -2.18. The predicted molar refractivity (Wildman–Crippen MR) is 117 cm³/mol. The number of carbonyl (C=O) groups is 3. The molecule has 30 heavy (non-hydrogen) atoms. The van der Waals surface area contributed by atoms with Crippen LogP contribution in [0.5, 0.6) is 0 Å². The topological polar surface area (TPSA) is 72.5 Å². The number of Topliss-reactive ketones (excluding diaryl/α,β-unsaturated/α-hetero) is 1. The second-order valence-electron chi connectivity index (χ2n) is 6.62. The van der Waals surface area contributed by atoms with Crippen molar-refractivity contribution in [1.82, 2.24) is 5.32 Å². The summed E-state index contributed by atoms with van der Waals surface area (Å²) >= 11 is 3.31. The molecule has 0 bridgehead atoms. The molecule has 1 amide bonds. The number of ketones is 1. The fourth-order valence-electron chi connectivity index (χ4n) is 2.83. The van der Waals surface area contributed by atoms with E-state index >= 15 is 0 Å². The zero-order valence-electron chi connectivity index (χ0n) is 16.1. The zero-order valence-corrected chi connectivity index (χ0v) is 17.7. The molecule has 0 saturated heterocycles. The lowest BCUT2D eigenvalue weighted by Crippen LogP contribution is -2.43. The Kier molecular flexibility index (Phi) is 7.51. The largest absolute Gasteiger partial charge is 0.456 e. The summed E-state index contributed by atoms with van der Waals surface area (Å²) in [6, 6.07) is 23.8. The number of hydrogen-bond donors (Lipinski definition) is 1. The maximum Gasteiger partial charge on any atom is 0.329 e. The van der Waals surface area contributed by atoms with Gasteiger partial charge in [-0.2, -0.15) is 0 Å². The van der Waals surface area contributed by atoms with Crippen molar-refractivity contribution in [2.24, 2.45) is 0 Å². The van der Waals surface area contributed by atoms with Gasteiger partial charge in [-0.3, -0.25) is 9.59 Å². The van der Waals surface area contributed by atoms with Crippen LogP contribution in [0.1, 0.15) is 26.3 Å². The third kappa shape index (κ3) is 6.12. The number of amides is 1. The molecular weight excluding hydrogens is 446 g/mol. The van der Waals surface area contributed by atoms with Crippen molar-refractivity contribution in [3.8, 4) is 0 Å². The van der Waals surface area contributed by atoms with Crippen molar-refractivity contribution in [2.75, 3.05) is 6.61 Å². The first-order chi connectivity index (χ1) is 14.5. The van der Waals surface area contributed by atoms with Gasteiger partial charge in [-0.05, 0) is 29.8 Å². The van der Waals surface area contributed by atoms with E-state index in [-0.39, 0.29) is 18.1 Å². The van der Waals surface area contributed by atoms with Crippen molar-refractivity contribution in [2.45, 2.75) is 12.5 Å². The minimum Gasteiger partial charge on any atom is -0.456 e. The van der Waals surface area contributed by atoms with Gasteiger partial charge in [0.05, 0.1) is 0 Å². The highest BCUT2D eigenvalue weighted by atomic mass is 79.9. The second kappa shape index (κ2) is 10.5. The Hall–Kier alpha value is -3.25. The van der Waals surface area contributed by atoms with E-state index in [4.69, 9.17) is 4.74 Å². The van der Waals surface area contributed by atoms with Gasteiger partial charge in [0.25, 0.3) is 5.91 Å². The van der Waals surface area contributed by atoms with E-state index in [0.717, 1.165) is 10.0 Å². The van der Waals surface area contributed by atoms with E-state index in [1.807, 2.05) is 30.3 Å². The van der Waals surface area contributed by atoms with Gasteiger partial charge >= 0.3 is 5.97 Å². The molecule has 6 heteroatoms. The first-order valence-corrected chi connectivity index (χ1v) is 10.2.